The SMILES string of the molecule is CC(C)(C)OC(=O)N1CC[C@H](CNCc2cscn2)C1. The van der Waals surface area contributed by atoms with Gasteiger partial charge in [0.2, 0.25) is 0 Å². The molecule has 6 heteroatoms. The van der Waals surface area contributed by atoms with Crippen molar-refractivity contribution in [3.8, 4) is 0 Å². The molecule has 2 rings (SSSR count). The van der Waals surface area contributed by atoms with Gasteiger partial charge in [0.15, 0.2) is 0 Å². The fourth-order valence-electron chi connectivity index (χ4n) is 2.22. The molecule has 1 fully saturated rings. The fraction of sp³-hybridized carbons (Fsp3) is 0.714. The quantitative estimate of drug-likeness (QED) is 0.927. The lowest BCUT2D eigenvalue weighted by atomic mass is 10.1. The zero-order chi connectivity index (χ0) is 14.6. The number of amides is 1. The summed E-state index contributed by atoms with van der Waals surface area (Å²) in [5.74, 6) is 0.501. The van der Waals surface area contributed by atoms with Crippen LogP contribution in [0.2, 0.25) is 0 Å². The topological polar surface area (TPSA) is 54.5 Å². The number of rotatable bonds is 4. The predicted octanol–water partition coefficient (Wildman–Crippen LogP) is 2.49. The normalized spacial score (nSPS) is 19.4. The molecule has 0 bridgehead atoms. The molecule has 1 aliphatic rings. The molecule has 0 aromatic carbocycles. The first-order chi connectivity index (χ1) is 9.44. The number of nitrogens with zero attached hydrogens (tertiary/aromatic N) is 2. The molecule has 20 heavy (non-hydrogen) atoms. The van der Waals surface area contributed by atoms with Crippen molar-refractivity contribution in [2.75, 3.05) is 19.6 Å². The summed E-state index contributed by atoms with van der Waals surface area (Å²) in [6, 6.07) is 0. The van der Waals surface area contributed by atoms with E-state index >= 15 is 0 Å². The molecule has 1 amide bonds. The second-order valence-corrected chi connectivity index (χ2v) is 6.91. The second kappa shape index (κ2) is 6.54. The van der Waals surface area contributed by atoms with Gasteiger partial charge < -0.3 is 15.0 Å². The highest BCUT2D eigenvalue weighted by molar-refractivity contribution is 7.07. The van der Waals surface area contributed by atoms with Gasteiger partial charge in [-0.2, -0.15) is 0 Å². The van der Waals surface area contributed by atoms with E-state index in [0.29, 0.717) is 5.92 Å². The largest absolute Gasteiger partial charge is 0.444 e. The van der Waals surface area contributed by atoms with Crippen LogP contribution < -0.4 is 5.32 Å². The number of likely N-dealkylation sites (tertiary alicyclic amines) is 1. The number of thiazole rings is 1. The Balaban J connectivity index is 1.68. The molecule has 2 heterocycles. The van der Waals surface area contributed by atoms with Crippen molar-refractivity contribution in [3.05, 3.63) is 16.6 Å². The number of carbonyl (C=O) groups excluding carboxylic acids is 1. The van der Waals surface area contributed by atoms with Gasteiger partial charge in [0.05, 0.1) is 11.2 Å². The van der Waals surface area contributed by atoms with E-state index in [9.17, 15) is 4.79 Å². The van der Waals surface area contributed by atoms with Gasteiger partial charge in [-0.15, -0.1) is 11.3 Å². The van der Waals surface area contributed by atoms with Crippen LogP contribution in [0.1, 0.15) is 32.9 Å². The van der Waals surface area contributed by atoms with Crippen molar-refractivity contribution in [1.82, 2.24) is 15.2 Å². The maximum Gasteiger partial charge on any atom is 0.410 e. The molecule has 0 aliphatic carbocycles. The summed E-state index contributed by atoms with van der Waals surface area (Å²) >= 11 is 1.61. The first-order valence-electron chi connectivity index (χ1n) is 7.00. The van der Waals surface area contributed by atoms with Crippen molar-refractivity contribution >= 4 is 17.4 Å². The van der Waals surface area contributed by atoms with Crippen LogP contribution in [0, 0.1) is 5.92 Å². The van der Waals surface area contributed by atoms with E-state index in [-0.39, 0.29) is 6.09 Å². The number of ether oxygens (including phenoxy) is 1. The number of carbonyl (C=O) groups is 1. The summed E-state index contributed by atoms with van der Waals surface area (Å²) in [4.78, 5) is 18.0. The van der Waals surface area contributed by atoms with Crippen LogP contribution in [0.15, 0.2) is 10.9 Å². The summed E-state index contributed by atoms with van der Waals surface area (Å²) in [6.07, 6.45) is 0.836. The molecule has 0 unspecified atom stereocenters. The molecular formula is C14H23N3O2S. The van der Waals surface area contributed by atoms with E-state index in [4.69, 9.17) is 4.74 Å². The second-order valence-electron chi connectivity index (χ2n) is 6.19. The van der Waals surface area contributed by atoms with Gasteiger partial charge in [-0.1, -0.05) is 0 Å². The fourth-order valence-corrected chi connectivity index (χ4v) is 2.78. The van der Waals surface area contributed by atoms with Crippen LogP contribution in [-0.2, 0) is 11.3 Å². The summed E-state index contributed by atoms with van der Waals surface area (Å²) in [5, 5.41) is 5.45. The predicted molar refractivity (Wildman–Crippen MR) is 79.7 cm³/mol. The van der Waals surface area contributed by atoms with Crippen molar-refractivity contribution < 1.29 is 9.53 Å². The van der Waals surface area contributed by atoms with Gasteiger partial charge in [-0.3, -0.25) is 0 Å². The Bertz CT molecular complexity index is 428. The molecule has 1 atom stereocenters. The van der Waals surface area contributed by atoms with Gasteiger partial charge >= 0.3 is 6.09 Å². The molecule has 1 aromatic rings. The van der Waals surface area contributed by atoms with Crippen LogP contribution in [0.3, 0.4) is 0 Å². The Morgan fingerprint density at radius 2 is 2.40 bits per heavy atom. The lowest BCUT2D eigenvalue weighted by Crippen LogP contribution is -2.36. The first-order valence-corrected chi connectivity index (χ1v) is 7.94. The van der Waals surface area contributed by atoms with Gasteiger partial charge in [0.1, 0.15) is 5.60 Å². The average Bonchev–Trinajstić information content (AvgIpc) is 2.97. The highest BCUT2D eigenvalue weighted by Gasteiger charge is 2.29. The Kier molecular flexibility index (Phi) is 4.99. The smallest absolute Gasteiger partial charge is 0.410 e. The lowest BCUT2D eigenvalue weighted by Gasteiger charge is -2.24. The number of aromatic nitrogens is 1. The highest BCUT2D eigenvalue weighted by atomic mass is 32.1. The average molecular weight is 297 g/mol. The molecule has 1 saturated heterocycles. The summed E-state index contributed by atoms with van der Waals surface area (Å²) in [7, 11) is 0. The molecule has 5 nitrogen and oxygen atoms in total. The highest BCUT2D eigenvalue weighted by Crippen LogP contribution is 2.19. The Morgan fingerprint density at radius 3 is 3.05 bits per heavy atom. The molecule has 0 radical (unpaired) electrons. The number of hydrogen-bond acceptors (Lipinski definition) is 5. The molecule has 1 N–H and O–H groups in total. The van der Waals surface area contributed by atoms with Crippen molar-refractivity contribution in [3.63, 3.8) is 0 Å². The van der Waals surface area contributed by atoms with E-state index in [1.165, 1.54) is 0 Å². The minimum Gasteiger partial charge on any atom is -0.444 e. The third-order valence-electron chi connectivity index (χ3n) is 3.16. The molecule has 0 spiro atoms. The molecule has 1 aliphatic heterocycles. The molecule has 112 valence electrons. The minimum atomic E-state index is -0.419. The van der Waals surface area contributed by atoms with Crippen molar-refractivity contribution in [1.29, 1.82) is 0 Å². The zero-order valence-electron chi connectivity index (χ0n) is 12.4. The van der Waals surface area contributed by atoms with Gasteiger partial charge in [0.25, 0.3) is 0 Å². The van der Waals surface area contributed by atoms with Gasteiger partial charge in [0, 0.05) is 31.6 Å². The maximum absolute atomic E-state index is 11.9. The lowest BCUT2D eigenvalue weighted by molar-refractivity contribution is 0.0288. The van der Waals surface area contributed by atoms with Gasteiger partial charge in [-0.25, -0.2) is 9.78 Å². The van der Waals surface area contributed by atoms with Crippen LogP contribution in [0.4, 0.5) is 4.79 Å². The van der Waals surface area contributed by atoms with E-state index in [1.54, 1.807) is 16.2 Å². The third-order valence-corrected chi connectivity index (χ3v) is 3.80. The monoisotopic (exact) mass is 297 g/mol. The van der Waals surface area contributed by atoms with Crippen LogP contribution in [0.5, 0.6) is 0 Å². The Hall–Kier alpha value is -1.14. The molecule has 1 aromatic heterocycles. The Morgan fingerprint density at radius 1 is 1.60 bits per heavy atom. The number of nitrogens with one attached hydrogen (secondary N) is 1. The summed E-state index contributed by atoms with van der Waals surface area (Å²) in [5.41, 5.74) is 2.51. The minimum absolute atomic E-state index is 0.195. The summed E-state index contributed by atoms with van der Waals surface area (Å²) in [6.45, 7) is 8.97. The Labute approximate surface area is 124 Å². The molecular weight excluding hydrogens is 274 g/mol. The standard InChI is InChI=1S/C14H23N3O2S/c1-14(2,3)19-13(18)17-5-4-11(8-17)6-15-7-12-9-20-10-16-12/h9-11,15H,4-8H2,1-3H3/t11-/m1/s1. The van der Waals surface area contributed by atoms with Crippen LogP contribution >= 0.6 is 11.3 Å². The van der Waals surface area contributed by atoms with Crippen LogP contribution in [-0.4, -0.2) is 41.2 Å². The first kappa shape index (κ1) is 15.3. The van der Waals surface area contributed by atoms with Gasteiger partial charge in [-0.05, 0) is 33.1 Å². The zero-order valence-corrected chi connectivity index (χ0v) is 13.2. The van der Waals surface area contributed by atoms with E-state index < -0.39 is 5.60 Å². The maximum atomic E-state index is 11.9. The summed E-state index contributed by atoms with van der Waals surface area (Å²) < 4.78 is 5.39. The van der Waals surface area contributed by atoms with Crippen molar-refractivity contribution in [2.45, 2.75) is 39.3 Å². The van der Waals surface area contributed by atoms with E-state index in [0.717, 1.165) is 38.3 Å². The van der Waals surface area contributed by atoms with Crippen LogP contribution in [0.25, 0.3) is 0 Å². The van der Waals surface area contributed by atoms with E-state index in [2.05, 4.69) is 15.7 Å². The number of hydrogen-bond donors (Lipinski definition) is 1. The van der Waals surface area contributed by atoms with Crippen molar-refractivity contribution in [2.24, 2.45) is 5.92 Å². The van der Waals surface area contributed by atoms with E-state index in [1.807, 2.05) is 26.3 Å². The third kappa shape index (κ3) is 4.76. The molecule has 0 saturated carbocycles.